The number of hydrogen-bond acceptors (Lipinski definition) is 3. The van der Waals surface area contributed by atoms with Crippen molar-refractivity contribution in [1.82, 2.24) is 19.9 Å². The summed E-state index contributed by atoms with van der Waals surface area (Å²) in [4.78, 5) is 0. The van der Waals surface area contributed by atoms with Gasteiger partial charge in [-0.3, -0.25) is 4.40 Å². The van der Waals surface area contributed by atoms with E-state index < -0.39 is 0 Å². The SMILES string of the molecule is Cc1cccc2nnc(CC3CCCN3)n12. The van der Waals surface area contributed by atoms with Gasteiger partial charge in [0.05, 0.1) is 0 Å². The first kappa shape index (κ1) is 9.78. The lowest BCUT2D eigenvalue weighted by molar-refractivity contribution is 0.581. The molecular formula is C12H16N4. The number of nitrogens with zero attached hydrogens (tertiary/aromatic N) is 3. The van der Waals surface area contributed by atoms with Crippen molar-refractivity contribution in [1.29, 1.82) is 0 Å². The van der Waals surface area contributed by atoms with Gasteiger partial charge < -0.3 is 5.32 Å². The van der Waals surface area contributed by atoms with E-state index in [9.17, 15) is 0 Å². The van der Waals surface area contributed by atoms with E-state index in [4.69, 9.17) is 0 Å². The standard InChI is InChI=1S/C12H16N4/c1-9-4-2-6-11-14-15-12(16(9)11)8-10-5-3-7-13-10/h2,4,6,10,13H,3,5,7-8H2,1H3. The number of nitrogens with one attached hydrogen (secondary N) is 1. The third-order valence-electron chi connectivity index (χ3n) is 3.28. The van der Waals surface area contributed by atoms with Crippen LogP contribution in [0.4, 0.5) is 0 Å². The maximum Gasteiger partial charge on any atom is 0.160 e. The molecule has 1 atom stereocenters. The minimum Gasteiger partial charge on any atom is -0.314 e. The first-order chi connectivity index (χ1) is 7.84. The van der Waals surface area contributed by atoms with Gasteiger partial charge in [0.25, 0.3) is 0 Å². The van der Waals surface area contributed by atoms with E-state index in [0.29, 0.717) is 6.04 Å². The van der Waals surface area contributed by atoms with E-state index in [1.54, 1.807) is 0 Å². The summed E-state index contributed by atoms with van der Waals surface area (Å²) in [6.07, 6.45) is 3.51. The number of pyridine rings is 1. The Morgan fingerprint density at radius 3 is 3.19 bits per heavy atom. The zero-order valence-corrected chi connectivity index (χ0v) is 9.48. The van der Waals surface area contributed by atoms with Gasteiger partial charge in [-0.1, -0.05) is 6.07 Å². The van der Waals surface area contributed by atoms with E-state index in [1.165, 1.54) is 18.5 Å². The lowest BCUT2D eigenvalue weighted by atomic mass is 10.1. The molecule has 3 rings (SSSR count). The molecule has 0 bridgehead atoms. The lowest BCUT2D eigenvalue weighted by Gasteiger charge is -2.09. The van der Waals surface area contributed by atoms with E-state index in [1.807, 2.05) is 12.1 Å². The predicted octanol–water partition coefficient (Wildman–Crippen LogP) is 1.33. The fraction of sp³-hybridized carbons (Fsp3) is 0.500. The van der Waals surface area contributed by atoms with Crippen LogP contribution in [0.25, 0.3) is 5.65 Å². The molecule has 3 heterocycles. The van der Waals surface area contributed by atoms with Gasteiger partial charge in [0.1, 0.15) is 5.82 Å². The van der Waals surface area contributed by atoms with Crippen molar-refractivity contribution in [3.63, 3.8) is 0 Å². The monoisotopic (exact) mass is 216 g/mol. The van der Waals surface area contributed by atoms with Crippen LogP contribution in [0.1, 0.15) is 24.4 Å². The van der Waals surface area contributed by atoms with Gasteiger partial charge in [0.15, 0.2) is 5.65 Å². The molecule has 0 saturated carbocycles. The van der Waals surface area contributed by atoms with Crippen molar-refractivity contribution in [2.24, 2.45) is 0 Å². The van der Waals surface area contributed by atoms with Gasteiger partial charge in [-0.25, -0.2) is 0 Å². The molecule has 2 aromatic heterocycles. The molecule has 2 aromatic rings. The fourth-order valence-electron chi connectivity index (χ4n) is 2.45. The summed E-state index contributed by atoms with van der Waals surface area (Å²) in [5.41, 5.74) is 2.16. The molecule has 1 N–H and O–H groups in total. The highest BCUT2D eigenvalue weighted by molar-refractivity contribution is 5.39. The van der Waals surface area contributed by atoms with Crippen LogP contribution in [-0.4, -0.2) is 27.2 Å². The smallest absolute Gasteiger partial charge is 0.160 e. The van der Waals surface area contributed by atoms with Gasteiger partial charge in [-0.2, -0.15) is 0 Å². The summed E-state index contributed by atoms with van der Waals surface area (Å²) in [7, 11) is 0. The van der Waals surface area contributed by atoms with Crippen LogP contribution >= 0.6 is 0 Å². The van der Waals surface area contributed by atoms with Crippen LogP contribution in [0, 0.1) is 6.92 Å². The largest absolute Gasteiger partial charge is 0.314 e. The van der Waals surface area contributed by atoms with Crippen LogP contribution in [0.5, 0.6) is 0 Å². The average Bonchev–Trinajstić information content (AvgIpc) is 2.90. The highest BCUT2D eigenvalue weighted by atomic mass is 15.2. The van der Waals surface area contributed by atoms with Crippen molar-refractivity contribution in [3.05, 3.63) is 29.7 Å². The van der Waals surface area contributed by atoms with Gasteiger partial charge in [0, 0.05) is 18.2 Å². The summed E-state index contributed by atoms with van der Waals surface area (Å²) >= 11 is 0. The summed E-state index contributed by atoms with van der Waals surface area (Å²) in [5.74, 6) is 1.08. The highest BCUT2D eigenvalue weighted by Gasteiger charge is 2.17. The molecule has 0 aromatic carbocycles. The number of hydrogen-bond donors (Lipinski definition) is 1. The Kier molecular flexibility index (Phi) is 2.36. The number of rotatable bonds is 2. The lowest BCUT2D eigenvalue weighted by Crippen LogP contribution is -2.24. The Morgan fingerprint density at radius 2 is 2.38 bits per heavy atom. The third-order valence-corrected chi connectivity index (χ3v) is 3.28. The Morgan fingerprint density at radius 1 is 1.44 bits per heavy atom. The number of fused-ring (bicyclic) bond motifs is 1. The summed E-state index contributed by atoms with van der Waals surface area (Å²) < 4.78 is 2.15. The van der Waals surface area contributed by atoms with Crippen molar-refractivity contribution < 1.29 is 0 Å². The zero-order chi connectivity index (χ0) is 11.0. The Bertz CT molecular complexity index is 497. The number of aromatic nitrogens is 3. The molecule has 4 heteroatoms. The third kappa shape index (κ3) is 1.59. The average molecular weight is 216 g/mol. The second-order valence-corrected chi connectivity index (χ2v) is 4.47. The quantitative estimate of drug-likeness (QED) is 0.823. The first-order valence-corrected chi connectivity index (χ1v) is 5.87. The zero-order valence-electron chi connectivity index (χ0n) is 9.48. The van der Waals surface area contributed by atoms with Crippen LogP contribution in [0.2, 0.25) is 0 Å². The minimum absolute atomic E-state index is 0.576. The summed E-state index contributed by atoms with van der Waals surface area (Å²) in [6.45, 7) is 3.24. The van der Waals surface area contributed by atoms with E-state index in [2.05, 4.69) is 32.9 Å². The van der Waals surface area contributed by atoms with E-state index >= 15 is 0 Å². The maximum absolute atomic E-state index is 4.29. The van der Waals surface area contributed by atoms with Crippen molar-refractivity contribution in [2.45, 2.75) is 32.2 Å². The molecule has 1 aliphatic rings. The molecule has 84 valence electrons. The molecule has 1 fully saturated rings. The molecule has 0 spiro atoms. The highest BCUT2D eigenvalue weighted by Crippen LogP contribution is 2.13. The maximum atomic E-state index is 4.29. The molecule has 0 radical (unpaired) electrons. The van der Waals surface area contributed by atoms with Crippen LogP contribution in [0.3, 0.4) is 0 Å². The second kappa shape index (κ2) is 3.87. The van der Waals surface area contributed by atoms with Gasteiger partial charge in [-0.05, 0) is 38.4 Å². The normalized spacial score (nSPS) is 20.7. The molecule has 16 heavy (non-hydrogen) atoms. The summed E-state index contributed by atoms with van der Waals surface area (Å²) in [5, 5.41) is 12.0. The van der Waals surface area contributed by atoms with Crippen LogP contribution in [-0.2, 0) is 6.42 Å². The first-order valence-electron chi connectivity index (χ1n) is 5.87. The topological polar surface area (TPSA) is 42.2 Å². The van der Waals surface area contributed by atoms with Crippen molar-refractivity contribution >= 4 is 5.65 Å². The molecule has 1 saturated heterocycles. The minimum atomic E-state index is 0.576. The van der Waals surface area contributed by atoms with E-state index in [-0.39, 0.29) is 0 Å². The molecule has 0 aliphatic carbocycles. The second-order valence-electron chi connectivity index (χ2n) is 4.47. The molecule has 1 unspecified atom stereocenters. The van der Waals surface area contributed by atoms with Crippen molar-refractivity contribution in [3.8, 4) is 0 Å². The predicted molar refractivity (Wildman–Crippen MR) is 62.5 cm³/mol. The van der Waals surface area contributed by atoms with Crippen LogP contribution in [0.15, 0.2) is 18.2 Å². The summed E-state index contributed by atoms with van der Waals surface area (Å²) in [6, 6.07) is 6.71. The van der Waals surface area contributed by atoms with Gasteiger partial charge in [0.2, 0.25) is 0 Å². The van der Waals surface area contributed by atoms with Crippen molar-refractivity contribution in [2.75, 3.05) is 6.54 Å². The van der Waals surface area contributed by atoms with Crippen LogP contribution < -0.4 is 5.32 Å². The Labute approximate surface area is 94.7 Å². The number of aryl methyl sites for hydroxylation is 1. The Balaban J connectivity index is 1.97. The van der Waals surface area contributed by atoms with Gasteiger partial charge in [-0.15, -0.1) is 10.2 Å². The fourth-order valence-corrected chi connectivity index (χ4v) is 2.45. The molecule has 1 aliphatic heterocycles. The van der Waals surface area contributed by atoms with E-state index in [0.717, 1.165) is 24.4 Å². The van der Waals surface area contributed by atoms with Gasteiger partial charge >= 0.3 is 0 Å². The molecular weight excluding hydrogens is 200 g/mol. The molecule has 0 amide bonds. The molecule has 4 nitrogen and oxygen atoms in total. The Hall–Kier alpha value is -1.42.